The first-order chi connectivity index (χ1) is 8.85. The summed E-state index contributed by atoms with van der Waals surface area (Å²) in [7, 11) is 1.67. The molecule has 0 aromatic heterocycles. The van der Waals surface area contributed by atoms with Crippen LogP contribution in [0.2, 0.25) is 0 Å². The lowest BCUT2D eigenvalue weighted by molar-refractivity contribution is -0.150. The van der Waals surface area contributed by atoms with Gasteiger partial charge in [-0.25, -0.2) is 0 Å². The van der Waals surface area contributed by atoms with Gasteiger partial charge in [-0.15, -0.1) is 0 Å². The van der Waals surface area contributed by atoms with Crippen LogP contribution >= 0.6 is 0 Å². The fourth-order valence-electron chi connectivity index (χ4n) is 2.39. The topological polar surface area (TPSA) is 58.6 Å². The van der Waals surface area contributed by atoms with Crippen LogP contribution in [0.4, 0.5) is 0 Å². The van der Waals surface area contributed by atoms with E-state index in [1.54, 1.807) is 18.9 Å². The molecule has 5 heteroatoms. The number of rotatable bonds is 5. The first-order valence-electron chi connectivity index (χ1n) is 7.02. The zero-order valence-corrected chi connectivity index (χ0v) is 12.2. The molecule has 2 amide bonds. The number of piperazine rings is 1. The Morgan fingerprint density at radius 2 is 2.00 bits per heavy atom. The van der Waals surface area contributed by atoms with Crippen molar-refractivity contribution in [3.63, 3.8) is 0 Å². The van der Waals surface area contributed by atoms with Gasteiger partial charge in [-0.2, -0.15) is 0 Å². The maximum Gasteiger partial charge on any atom is 0.246 e. The van der Waals surface area contributed by atoms with Gasteiger partial charge in [0.05, 0.1) is 5.60 Å². The van der Waals surface area contributed by atoms with Gasteiger partial charge in [0, 0.05) is 13.7 Å². The van der Waals surface area contributed by atoms with Gasteiger partial charge in [0.1, 0.15) is 12.1 Å². The van der Waals surface area contributed by atoms with Crippen LogP contribution in [0, 0.1) is 5.92 Å². The predicted octanol–water partition coefficient (Wildman–Crippen LogP) is 0.927. The molecule has 0 radical (unpaired) electrons. The molecular formula is C14H24N2O3. The average Bonchev–Trinajstić information content (AvgIpc) is 3.18. The van der Waals surface area contributed by atoms with E-state index in [0.29, 0.717) is 12.5 Å². The van der Waals surface area contributed by atoms with Crippen molar-refractivity contribution in [2.45, 2.75) is 57.7 Å². The molecule has 2 atom stereocenters. The molecule has 0 aromatic carbocycles. The van der Waals surface area contributed by atoms with Crippen molar-refractivity contribution in [1.29, 1.82) is 0 Å². The summed E-state index contributed by atoms with van der Waals surface area (Å²) in [6, 6.07) is -0.676. The molecule has 1 N–H and O–H groups in total. The number of nitrogens with one attached hydrogen (secondary N) is 1. The number of ether oxygens (including phenoxy) is 1. The maximum atomic E-state index is 12.4. The van der Waals surface area contributed by atoms with Crippen LogP contribution in [-0.4, -0.2) is 48.1 Å². The minimum atomic E-state index is -0.379. The Bertz CT molecular complexity index is 377. The van der Waals surface area contributed by atoms with Crippen molar-refractivity contribution in [1.82, 2.24) is 10.2 Å². The second-order valence-corrected chi connectivity index (χ2v) is 6.25. The Labute approximate surface area is 114 Å². The Hall–Kier alpha value is -1.10. The molecule has 0 aromatic rings. The van der Waals surface area contributed by atoms with E-state index in [2.05, 4.69) is 5.32 Å². The molecule has 0 spiro atoms. The summed E-state index contributed by atoms with van der Waals surface area (Å²) in [4.78, 5) is 26.1. The third kappa shape index (κ3) is 3.08. The van der Waals surface area contributed by atoms with Crippen LogP contribution in [0.25, 0.3) is 0 Å². The van der Waals surface area contributed by atoms with Crippen molar-refractivity contribution < 1.29 is 14.3 Å². The van der Waals surface area contributed by atoms with Crippen molar-refractivity contribution in [2.75, 3.05) is 13.7 Å². The monoisotopic (exact) mass is 268 g/mol. The van der Waals surface area contributed by atoms with Gasteiger partial charge < -0.3 is 15.0 Å². The van der Waals surface area contributed by atoms with Crippen LogP contribution in [-0.2, 0) is 14.3 Å². The van der Waals surface area contributed by atoms with Crippen LogP contribution in [0.5, 0.6) is 0 Å². The van der Waals surface area contributed by atoms with Gasteiger partial charge in [0.15, 0.2) is 0 Å². The Kier molecular flexibility index (Phi) is 3.85. The Balaban J connectivity index is 2.03. The molecule has 19 heavy (non-hydrogen) atoms. The van der Waals surface area contributed by atoms with Crippen molar-refractivity contribution >= 4 is 11.8 Å². The van der Waals surface area contributed by atoms with Gasteiger partial charge in [-0.3, -0.25) is 9.59 Å². The van der Waals surface area contributed by atoms with Gasteiger partial charge in [0.25, 0.3) is 0 Å². The first kappa shape index (κ1) is 14.3. The van der Waals surface area contributed by atoms with Crippen molar-refractivity contribution in [3.05, 3.63) is 0 Å². The van der Waals surface area contributed by atoms with Crippen molar-refractivity contribution in [3.8, 4) is 0 Å². The minimum absolute atomic E-state index is 0.0354. The molecule has 1 heterocycles. The normalized spacial score (nSPS) is 28.5. The van der Waals surface area contributed by atoms with E-state index in [1.807, 2.05) is 13.8 Å². The highest BCUT2D eigenvalue weighted by Crippen LogP contribution is 2.35. The molecule has 5 nitrogen and oxygen atoms in total. The summed E-state index contributed by atoms with van der Waals surface area (Å²) < 4.78 is 5.37. The highest BCUT2D eigenvalue weighted by Gasteiger charge is 2.45. The fraction of sp³-hybridized carbons (Fsp3) is 0.857. The number of hydrogen-bond donors (Lipinski definition) is 1. The fourth-order valence-corrected chi connectivity index (χ4v) is 2.39. The third-order valence-electron chi connectivity index (χ3n) is 4.29. The molecule has 2 rings (SSSR count). The summed E-state index contributed by atoms with van der Waals surface area (Å²) in [5.41, 5.74) is -0.275. The van der Waals surface area contributed by atoms with E-state index in [0.717, 1.165) is 19.3 Å². The average molecular weight is 268 g/mol. The quantitative estimate of drug-likeness (QED) is 0.807. The number of carbonyl (C=O) groups excluding carboxylic acids is 2. The minimum Gasteiger partial charge on any atom is -0.379 e. The highest BCUT2D eigenvalue weighted by molar-refractivity contribution is 5.97. The molecule has 2 fully saturated rings. The number of carbonyl (C=O) groups is 2. The molecule has 1 saturated carbocycles. The predicted molar refractivity (Wildman–Crippen MR) is 71.5 cm³/mol. The molecule has 1 saturated heterocycles. The largest absolute Gasteiger partial charge is 0.379 e. The van der Waals surface area contributed by atoms with E-state index in [-0.39, 0.29) is 29.5 Å². The lowest BCUT2D eigenvalue weighted by atomic mass is 10.0. The zero-order chi connectivity index (χ0) is 14.2. The van der Waals surface area contributed by atoms with E-state index in [4.69, 9.17) is 4.74 Å². The number of nitrogens with zero attached hydrogens (tertiary/aromatic N) is 1. The summed E-state index contributed by atoms with van der Waals surface area (Å²) in [6.07, 6.45) is 2.81. The number of methoxy groups -OCH3 is 1. The van der Waals surface area contributed by atoms with Gasteiger partial charge >= 0.3 is 0 Å². The van der Waals surface area contributed by atoms with Gasteiger partial charge in [-0.05, 0) is 46.0 Å². The summed E-state index contributed by atoms with van der Waals surface area (Å²) in [5.74, 6) is 0.384. The van der Waals surface area contributed by atoms with E-state index < -0.39 is 0 Å². The summed E-state index contributed by atoms with van der Waals surface area (Å²) in [5, 5.41) is 2.86. The van der Waals surface area contributed by atoms with Gasteiger partial charge in [0.2, 0.25) is 11.8 Å². The molecular weight excluding hydrogens is 244 g/mol. The molecule has 108 valence electrons. The highest BCUT2D eigenvalue weighted by atomic mass is 16.5. The van der Waals surface area contributed by atoms with Crippen LogP contribution in [0.3, 0.4) is 0 Å². The molecule has 1 aliphatic carbocycles. The standard InChI is InChI=1S/C14H24N2O3/c1-9-12(17)15-11(10-5-6-10)13(18)16(9)8-7-14(2,3)19-4/h9-11H,5-8H2,1-4H3,(H,15,17). The molecule has 2 unspecified atom stereocenters. The van der Waals surface area contributed by atoms with E-state index in [9.17, 15) is 9.59 Å². The van der Waals surface area contributed by atoms with Crippen LogP contribution in [0.15, 0.2) is 0 Å². The molecule has 1 aliphatic heterocycles. The number of hydrogen-bond acceptors (Lipinski definition) is 3. The van der Waals surface area contributed by atoms with Crippen molar-refractivity contribution in [2.24, 2.45) is 5.92 Å². The lowest BCUT2D eigenvalue weighted by Crippen LogP contribution is -2.63. The van der Waals surface area contributed by atoms with Crippen LogP contribution < -0.4 is 5.32 Å². The van der Waals surface area contributed by atoms with E-state index >= 15 is 0 Å². The second-order valence-electron chi connectivity index (χ2n) is 6.25. The summed E-state index contributed by atoms with van der Waals surface area (Å²) in [6.45, 7) is 6.34. The third-order valence-corrected chi connectivity index (χ3v) is 4.29. The van der Waals surface area contributed by atoms with Gasteiger partial charge in [-0.1, -0.05) is 0 Å². The second kappa shape index (κ2) is 5.12. The lowest BCUT2D eigenvalue weighted by Gasteiger charge is -2.39. The SMILES string of the molecule is COC(C)(C)CCN1C(=O)C(C2CC2)NC(=O)C1C. The number of amides is 2. The summed E-state index contributed by atoms with van der Waals surface area (Å²) >= 11 is 0. The Morgan fingerprint density at radius 3 is 2.53 bits per heavy atom. The molecule has 2 aliphatic rings. The smallest absolute Gasteiger partial charge is 0.246 e. The maximum absolute atomic E-state index is 12.4. The first-order valence-corrected chi connectivity index (χ1v) is 7.02. The Morgan fingerprint density at radius 1 is 1.37 bits per heavy atom. The van der Waals surface area contributed by atoms with E-state index in [1.165, 1.54) is 0 Å². The van der Waals surface area contributed by atoms with Crippen LogP contribution in [0.1, 0.15) is 40.0 Å². The molecule has 0 bridgehead atoms. The zero-order valence-electron chi connectivity index (χ0n) is 12.2.